The number of nitrogens with zero attached hydrogens (tertiary/aromatic N) is 2. The number of aromatic nitrogens is 1. The first-order chi connectivity index (χ1) is 26.3. The molecule has 0 saturated carbocycles. The molecule has 2 aromatic heterocycles. The van der Waals surface area contributed by atoms with Crippen molar-refractivity contribution in [3.05, 3.63) is 204 Å². The lowest BCUT2D eigenvalue weighted by Crippen LogP contribution is -2.39. The highest BCUT2D eigenvalue weighted by Crippen LogP contribution is 2.63. The molecule has 0 bridgehead atoms. The van der Waals surface area contributed by atoms with Crippen LogP contribution in [0.2, 0.25) is 0 Å². The van der Waals surface area contributed by atoms with Crippen molar-refractivity contribution in [3.8, 4) is 5.69 Å². The normalized spacial score (nSPS) is 14.1. The SMILES string of the molecule is c1ccc(N2c3ccccc3C3(c4ccccc4Sc4cc5c(cc43)c3ccccc3n5-c3ccc4sc5ccccc5c4c3)c3ccccc32)cc1. The fourth-order valence-corrected chi connectivity index (χ4v) is 11.6. The number of hydrogen-bond acceptors (Lipinski definition) is 3. The number of anilines is 3. The summed E-state index contributed by atoms with van der Waals surface area (Å²) < 4.78 is 5.14. The van der Waals surface area contributed by atoms with E-state index >= 15 is 0 Å². The van der Waals surface area contributed by atoms with Crippen LogP contribution in [-0.4, -0.2) is 4.57 Å². The van der Waals surface area contributed by atoms with Gasteiger partial charge in [-0.1, -0.05) is 121 Å². The Morgan fingerprint density at radius 2 is 1.02 bits per heavy atom. The summed E-state index contributed by atoms with van der Waals surface area (Å²) in [5, 5.41) is 5.17. The minimum Gasteiger partial charge on any atom is -0.310 e. The van der Waals surface area contributed by atoms with Crippen LogP contribution in [0.3, 0.4) is 0 Å². The Hall–Kier alpha value is -6.07. The van der Waals surface area contributed by atoms with Crippen LogP contribution in [-0.2, 0) is 5.41 Å². The molecule has 0 atom stereocenters. The first-order valence-electron chi connectivity index (χ1n) is 18.1. The summed E-state index contributed by atoms with van der Waals surface area (Å²) in [4.78, 5) is 5.04. The summed E-state index contributed by atoms with van der Waals surface area (Å²) in [5.74, 6) is 0. The van der Waals surface area contributed by atoms with E-state index in [1.165, 1.54) is 91.1 Å². The maximum absolute atomic E-state index is 2.54. The van der Waals surface area contributed by atoms with Crippen molar-refractivity contribution in [1.82, 2.24) is 4.57 Å². The largest absolute Gasteiger partial charge is 0.310 e. The van der Waals surface area contributed by atoms with Crippen molar-refractivity contribution < 1.29 is 0 Å². The quantitative estimate of drug-likeness (QED) is 0.176. The van der Waals surface area contributed by atoms with Crippen molar-refractivity contribution in [1.29, 1.82) is 0 Å². The van der Waals surface area contributed by atoms with E-state index in [9.17, 15) is 0 Å². The second-order valence-corrected chi connectivity index (χ2v) is 16.2. The molecule has 4 heteroatoms. The van der Waals surface area contributed by atoms with Crippen molar-refractivity contribution in [2.75, 3.05) is 4.90 Å². The number of benzene rings is 8. The minimum absolute atomic E-state index is 0.526. The second kappa shape index (κ2) is 11.0. The Labute approximate surface area is 315 Å². The topological polar surface area (TPSA) is 8.17 Å². The van der Waals surface area contributed by atoms with Gasteiger partial charge in [-0.05, 0) is 95.1 Å². The van der Waals surface area contributed by atoms with E-state index in [0.29, 0.717) is 0 Å². The summed E-state index contributed by atoms with van der Waals surface area (Å²) in [6.45, 7) is 0. The molecular weight excluding hydrogens is 681 g/mol. The molecule has 4 heterocycles. The van der Waals surface area contributed by atoms with Gasteiger partial charge in [0.05, 0.1) is 27.8 Å². The molecule has 2 nitrogen and oxygen atoms in total. The smallest absolute Gasteiger partial charge is 0.0764 e. The van der Waals surface area contributed by atoms with Gasteiger partial charge in [0.1, 0.15) is 0 Å². The number of hydrogen-bond donors (Lipinski definition) is 0. The Balaban J connectivity index is 1.20. The van der Waals surface area contributed by atoms with Gasteiger partial charge >= 0.3 is 0 Å². The van der Waals surface area contributed by atoms with Gasteiger partial charge in [0, 0.05) is 52.1 Å². The number of fused-ring (bicyclic) bond motifs is 14. The molecule has 10 aromatic rings. The third-order valence-electron chi connectivity index (χ3n) is 11.4. The van der Waals surface area contributed by atoms with Crippen LogP contribution in [0, 0.1) is 0 Å². The zero-order valence-corrected chi connectivity index (χ0v) is 30.2. The van der Waals surface area contributed by atoms with Gasteiger partial charge in [-0.2, -0.15) is 0 Å². The molecule has 8 aromatic carbocycles. The predicted molar refractivity (Wildman–Crippen MR) is 224 cm³/mol. The van der Waals surface area contributed by atoms with Gasteiger partial charge in [-0.3, -0.25) is 0 Å². The summed E-state index contributed by atoms with van der Waals surface area (Å²) in [7, 11) is 0. The van der Waals surface area contributed by atoms with E-state index in [0.717, 1.165) is 5.69 Å². The lowest BCUT2D eigenvalue weighted by Gasteiger charge is -2.49. The molecule has 0 aliphatic carbocycles. The van der Waals surface area contributed by atoms with Crippen LogP contribution in [0.4, 0.5) is 17.1 Å². The predicted octanol–water partition coefficient (Wildman–Crippen LogP) is 13.8. The Morgan fingerprint density at radius 1 is 0.377 bits per heavy atom. The van der Waals surface area contributed by atoms with Gasteiger partial charge in [0.15, 0.2) is 0 Å². The Morgan fingerprint density at radius 3 is 1.83 bits per heavy atom. The fraction of sp³-hybridized carbons (Fsp3) is 0.0204. The molecule has 0 saturated heterocycles. The fourth-order valence-electron chi connectivity index (χ4n) is 9.32. The molecule has 0 fully saturated rings. The van der Waals surface area contributed by atoms with Crippen LogP contribution in [0.15, 0.2) is 192 Å². The molecule has 0 radical (unpaired) electrons. The summed E-state index contributed by atoms with van der Waals surface area (Å²) in [6, 6.07) is 67.8. The van der Waals surface area contributed by atoms with E-state index in [-0.39, 0.29) is 0 Å². The van der Waals surface area contributed by atoms with Crippen LogP contribution < -0.4 is 4.90 Å². The first kappa shape index (κ1) is 29.5. The standard InChI is InChI=1S/C49H30N2S2/c1-2-14-31(15-3-1)50-42-22-10-6-18-37(42)49(38-19-7-11-23-43(38)50)39-20-8-13-25-47(39)53-48-30-44-35(29-40(48)49)33-16-4-9-21-41(33)51(44)32-26-27-46-36(28-32)34-17-5-12-24-45(34)52-46/h1-30H. The molecule has 0 N–H and O–H groups in total. The lowest BCUT2D eigenvalue weighted by molar-refractivity contribution is 0.693. The van der Waals surface area contributed by atoms with Crippen molar-refractivity contribution in [2.24, 2.45) is 0 Å². The van der Waals surface area contributed by atoms with E-state index < -0.39 is 5.41 Å². The second-order valence-electron chi connectivity index (χ2n) is 14.1. The lowest BCUT2D eigenvalue weighted by atomic mass is 9.62. The third-order valence-corrected chi connectivity index (χ3v) is 13.7. The van der Waals surface area contributed by atoms with Crippen molar-refractivity contribution in [3.63, 3.8) is 0 Å². The van der Waals surface area contributed by atoms with Crippen molar-refractivity contribution in [2.45, 2.75) is 15.2 Å². The van der Waals surface area contributed by atoms with Crippen molar-refractivity contribution >= 4 is 82.1 Å². The summed E-state index contributed by atoms with van der Waals surface area (Å²) in [5.41, 5.74) is 12.0. The highest BCUT2D eigenvalue weighted by Gasteiger charge is 2.50. The number of rotatable bonds is 2. The Bertz CT molecular complexity index is 3070. The molecule has 12 rings (SSSR count). The van der Waals surface area contributed by atoms with Gasteiger partial charge in [-0.25, -0.2) is 0 Å². The average Bonchev–Trinajstić information content (AvgIpc) is 3.75. The molecule has 248 valence electrons. The molecule has 1 spiro atoms. The molecule has 0 amide bonds. The van der Waals surface area contributed by atoms with Crippen LogP contribution in [0.25, 0.3) is 47.7 Å². The van der Waals surface area contributed by atoms with Crippen LogP contribution >= 0.6 is 23.1 Å². The summed E-state index contributed by atoms with van der Waals surface area (Å²) >= 11 is 3.78. The van der Waals surface area contributed by atoms with E-state index in [4.69, 9.17) is 0 Å². The van der Waals surface area contributed by atoms with E-state index in [1.54, 1.807) is 0 Å². The third kappa shape index (κ3) is 3.94. The van der Waals surface area contributed by atoms with E-state index in [1.807, 2.05) is 23.1 Å². The highest BCUT2D eigenvalue weighted by atomic mass is 32.2. The molecule has 53 heavy (non-hydrogen) atoms. The molecule has 2 aliphatic heterocycles. The van der Waals surface area contributed by atoms with Gasteiger partial charge in [0.2, 0.25) is 0 Å². The zero-order chi connectivity index (χ0) is 34.7. The molecular formula is C49H30N2S2. The first-order valence-corrected chi connectivity index (χ1v) is 19.7. The van der Waals surface area contributed by atoms with Gasteiger partial charge < -0.3 is 9.47 Å². The maximum Gasteiger partial charge on any atom is 0.0764 e. The zero-order valence-electron chi connectivity index (χ0n) is 28.5. The van der Waals surface area contributed by atoms with Crippen LogP contribution in [0.1, 0.15) is 22.3 Å². The monoisotopic (exact) mass is 710 g/mol. The minimum atomic E-state index is -0.526. The number of para-hydroxylation sites is 4. The average molecular weight is 711 g/mol. The maximum atomic E-state index is 2.54. The summed E-state index contributed by atoms with van der Waals surface area (Å²) in [6.07, 6.45) is 0. The highest BCUT2D eigenvalue weighted by molar-refractivity contribution is 7.99. The van der Waals surface area contributed by atoms with E-state index in [2.05, 4.69) is 191 Å². The van der Waals surface area contributed by atoms with Crippen LogP contribution in [0.5, 0.6) is 0 Å². The number of thiophene rings is 1. The van der Waals surface area contributed by atoms with Gasteiger partial charge in [-0.15, -0.1) is 11.3 Å². The Kier molecular flexibility index (Phi) is 6.11. The van der Waals surface area contributed by atoms with Gasteiger partial charge in [0.25, 0.3) is 0 Å². The molecule has 2 aliphatic rings. The molecule has 0 unspecified atom stereocenters.